The highest BCUT2D eigenvalue weighted by atomic mass is 32.1. The normalized spacial score (nSPS) is 12.2. The number of thiol groups is 1. The van der Waals surface area contributed by atoms with Gasteiger partial charge in [-0.25, -0.2) is 4.79 Å². The fraction of sp³-hybridized carbons (Fsp3) is 0.700. The van der Waals surface area contributed by atoms with Crippen LogP contribution in [-0.2, 0) is 9.53 Å². The third kappa shape index (κ3) is 6.70. The van der Waals surface area contributed by atoms with E-state index < -0.39 is 0 Å². The lowest BCUT2D eigenvalue weighted by Gasteiger charge is -2.09. The zero-order chi connectivity index (χ0) is 10.3. The van der Waals surface area contributed by atoms with Gasteiger partial charge in [0.1, 0.15) is 0 Å². The molecule has 0 saturated carbocycles. The summed E-state index contributed by atoms with van der Waals surface area (Å²) in [5.74, 6) is 1.16. The van der Waals surface area contributed by atoms with E-state index in [1.165, 1.54) is 0 Å². The van der Waals surface area contributed by atoms with Crippen LogP contribution in [0.4, 0.5) is 0 Å². The summed E-state index contributed by atoms with van der Waals surface area (Å²) in [5, 5.41) is 0. The van der Waals surface area contributed by atoms with Gasteiger partial charge in [-0.1, -0.05) is 13.5 Å². The molecule has 13 heavy (non-hydrogen) atoms. The highest BCUT2D eigenvalue weighted by molar-refractivity contribution is 7.80. The van der Waals surface area contributed by atoms with Gasteiger partial charge in [-0.2, -0.15) is 12.6 Å². The summed E-state index contributed by atoms with van der Waals surface area (Å²) in [4.78, 5) is 10.9. The van der Waals surface area contributed by atoms with E-state index in [9.17, 15) is 4.79 Å². The third-order valence-corrected chi connectivity index (χ3v) is 2.07. The van der Waals surface area contributed by atoms with Crippen molar-refractivity contribution in [3.8, 4) is 0 Å². The highest BCUT2D eigenvalue weighted by Crippen LogP contribution is 2.08. The Morgan fingerprint density at radius 2 is 2.15 bits per heavy atom. The molecule has 2 nitrogen and oxygen atoms in total. The average molecular weight is 202 g/mol. The van der Waals surface area contributed by atoms with Gasteiger partial charge >= 0.3 is 5.97 Å². The first-order valence-corrected chi connectivity index (χ1v) is 5.14. The summed E-state index contributed by atoms with van der Waals surface area (Å²) < 4.78 is 4.96. The number of hydrogen-bond acceptors (Lipinski definition) is 3. The van der Waals surface area contributed by atoms with Crippen LogP contribution < -0.4 is 0 Å². The Morgan fingerprint density at radius 3 is 2.62 bits per heavy atom. The Hall–Kier alpha value is -0.440. The Balaban J connectivity index is 3.44. The largest absolute Gasteiger partial charge is 0.462 e. The summed E-state index contributed by atoms with van der Waals surface area (Å²) in [5.41, 5.74) is 0.460. The molecule has 1 atom stereocenters. The molecule has 0 N–H and O–H groups in total. The zero-order valence-corrected chi connectivity index (χ0v) is 9.27. The lowest BCUT2D eigenvalue weighted by molar-refractivity contribution is -0.139. The maximum absolute atomic E-state index is 10.9. The monoisotopic (exact) mass is 202 g/mol. The summed E-state index contributed by atoms with van der Waals surface area (Å²) in [6.07, 6.45) is 1.97. The quantitative estimate of drug-likeness (QED) is 0.407. The number of carbonyl (C=O) groups excluding carboxylic acids is 1. The standard InChI is InChI=1S/C10H18O2S/c1-8(2)10(11)12-6-4-9(3)5-7-13/h9,13H,1,4-7H2,2-3H3. The molecule has 0 fully saturated rings. The number of carbonyl (C=O) groups is 1. The van der Waals surface area contributed by atoms with E-state index in [0.29, 0.717) is 18.1 Å². The molecule has 0 amide bonds. The van der Waals surface area contributed by atoms with Crippen molar-refractivity contribution in [2.45, 2.75) is 26.7 Å². The van der Waals surface area contributed by atoms with Crippen LogP contribution in [0.1, 0.15) is 26.7 Å². The summed E-state index contributed by atoms with van der Waals surface area (Å²) >= 11 is 4.13. The second-order valence-corrected chi connectivity index (χ2v) is 3.77. The molecule has 3 heteroatoms. The molecule has 0 radical (unpaired) electrons. The van der Waals surface area contributed by atoms with Gasteiger partial charge in [0.05, 0.1) is 6.61 Å². The molecule has 0 rings (SSSR count). The minimum Gasteiger partial charge on any atom is -0.462 e. The zero-order valence-electron chi connectivity index (χ0n) is 8.38. The van der Waals surface area contributed by atoms with Gasteiger partial charge in [0, 0.05) is 5.57 Å². The second kappa shape index (κ2) is 7.01. The van der Waals surface area contributed by atoms with Crippen LogP contribution in [-0.4, -0.2) is 18.3 Å². The van der Waals surface area contributed by atoms with Crippen LogP contribution in [0.5, 0.6) is 0 Å². The number of ether oxygens (including phenoxy) is 1. The van der Waals surface area contributed by atoms with E-state index in [0.717, 1.165) is 18.6 Å². The van der Waals surface area contributed by atoms with Gasteiger partial charge in [-0.3, -0.25) is 0 Å². The van der Waals surface area contributed by atoms with Crippen molar-refractivity contribution in [2.75, 3.05) is 12.4 Å². The summed E-state index contributed by atoms with van der Waals surface area (Å²) in [6, 6.07) is 0. The maximum atomic E-state index is 10.9. The lowest BCUT2D eigenvalue weighted by atomic mass is 10.1. The topological polar surface area (TPSA) is 26.3 Å². The Morgan fingerprint density at radius 1 is 1.54 bits per heavy atom. The first-order valence-electron chi connectivity index (χ1n) is 4.51. The van der Waals surface area contributed by atoms with Crippen LogP contribution >= 0.6 is 12.6 Å². The Labute approximate surface area is 85.8 Å². The van der Waals surface area contributed by atoms with E-state index >= 15 is 0 Å². The van der Waals surface area contributed by atoms with Gasteiger partial charge in [0.25, 0.3) is 0 Å². The van der Waals surface area contributed by atoms with Crippen molar-refractivity contribution in [1.82, 2.24) is 0 Å². The molecule has 0 aliphatic rings. The van der Waals surface area contributed by atoms with Crippen LogP contribution in [0.25, 0.3) is 0 Å². The molecule has 0 heterocycles. The smallest absolute Gasteiger partial charge is 0.333 e. The SMILES string of the molecule is C=C(C)C(=O)OCCC(C)CCS. The van der Waals surface area contributed by atoms with E-state index in [-0.39, 0.29) is 5.97 Å². The Bertz CT molecular complexity index is 178. The fourth-order valence-electron chi connectivity index (χ4n) is 0.841. The fourth-order valence-corrected chi connectivity index (χ4v) is 1.28. The van der Waals surface area contributed by atoms with E-state index in [2.05, 4.69) is 26.1 Å². The molecular weight excluding hydrogens is 184 g/mol. The van der Waals surface area contributed by atoms with Crippen LogP contribution in [0, 0.1) is 5.92 Å². The Kier molecular flexibility index (Phi) is 6.77. The number of rotatable bonds is 6. The van der Waals surface area contributed by atoms with Gasteiger partial charge < -0.3 is 4.74 Å². The molecule has 0 bridgehead atoms. The molecule has 0 aromatic heterocycles. The minimum atomic E-state index is -0.293. The molecule has 0 aliphatic carbocycles. The summed E-state index contributed by atoms with van der Waals surface area (Å²) in [6.45, 7) is 7.77. The molecule has 0 saturated heterocycles. The average Bonchev–Trinajstić information content (AvgIpc) is 2.04. The molecule has 0 aromatic rings. The van der Waals surface area contributed by atoms with Crippen molar-refractivity contribution in [3.05, 3.63) is 12.2 Å². The van der Waals surface area contributed by atoms with Crippen molar-refractivity contribution < 1.29 is 9.53 Å². The van der Waals surface area contributed by atoms with Gasteiger partial charge in [-0.15, -0.1) is 0 Å². The minimum absolute atomic E-state index is 0.293. The van der Waals surface area contributed by atoms with Crippen LogP contribution in [0.15, 0.2) is 12.2 Å². The predicted octanol–water partition coefficient (Wildman–Crippen LogP) is 2.45. The first-order chi connectivity index (χ1) is 6.07. The van der Waals surface area contributed by atoms with E-state index in [1.807, 2.05) is 0 Å². The molecule has 0 spiro atoms. The second-order valence-electron chi connectivity index (χ2n) is 3.32. The molecule has 0 aromatic carbocycles. The van der Waals surface area contributed by atoms with Gasteiger partial charge in [0.2, 0.25) is 0 Å². The maximum Gasteiger partial charge on any atom is 0.333 e. The lowest BCUT2D eigenvalue weighted by Crippen LogP contribution is -2.09. The number of hydrogen-bond donors (Lipinski definition) is 1. The highest BCUT2D eigenvalue weighted by Gasteiger charge is 2.05. The van der Waals surface area contributed by atoms with Crippen molar-refractivity contribution in [3.63, 3.8) is 0 Å². The van der Waals surface area contributed by atoms with E-state index in [1.54, 1.807) is 6.92 Å². The van der Waals surface area contributed by atoms with Crippen LogP contribution in [0.3, 0.4) is 0 Å². The molecular formula is C10H18O2S. The summed E-state index contributed by atoms with van der Waals surface area (Å²) in [7, 11) is 0. The first kappa shape index (κ1) is 12.6. The van der Waals surface area contributed by atoms with Crippen molar-refractivity contribution in [1.29, 1.82) is 0 Å². The predicted molar refractivity (Wildman–Crippen MR) is 58.0 cm³/mol. The molecule has 0 aliphatic heterocycles. The van der Waals surface area contributed by atoms with Crippen molar-refractivity contribution in [2.24, 2.45) is 5.92 Å². The van der Waals surface area contributed by atoms with Crippen LogP contribution in [0.2, 0.25) is 0 Å². The number of esters is 1. The molecule has 76 valence electrons. The van der Waals surface area contributed by atoms with E-state index in [4.69, 9.17) is 4.74 Å². The van der Waals surface area contributed by atoms with Crippen molar-refractivity contribution >= 4 is 18.6 Å². The molecule has 1 unspecified atom stereocenters. The van der Waals surface area contributed by atoms with Gasteiger partial charge in [0.15, 0.2) is 0 Å². The third-order valence-electron chi connectivity index (χ3n) is 1.81. The van der Waals surface area contributed by atoms with Gasteiger partial charge in [-0.05, 0) is 31.4 Å².